The molecule has 1 aliphatic heterocycles. The van der Waals surface area contributed by atoms with E-state index in [2.05, 4.69) is 4.99 Å². The molecule has 0 radical (unpaired) electrons. The molecule has 9 nitrogen and oxygen atoms in total. The monoisotopic (exact) mass is 522 g/mol. The fraction of sp³-hybridized carbons (Fsp3) is 0.259. The summed E-state index contributed by atoms with van der Waals surface area (Å²) in [5, 5.41) is 0. The van der Waals surface area contributed by atoms with Gasteiger partial charge >= 0.3 is 11.9 Å². The summed E-state index contributed by atoms with van der Waals surface area (Å²) < 4.78 is 23.2. The number of carbonyl (C=O) groups excluding carboxylic acids is 2. The number of thiazole rings is 1. The van der Waals surface area contributed by atoms with Crippen LogP contribution in [0, 0.1) is 0 Å². The van der Waals surface area contributed by atoms with Crippen LogP contribution in [0.5, 0.6) is 17.2 Å². The number of aromatic nitrogens is 1. The summed E-state index contributed by atoms with van der Waals surface area (Å²) in [6.07, 6.45) is 1.70. The lowest BCUT2D eigenvalue weighted by atomic mass is 9.95. The van der Waals surface area contributed by atoms with Crippen molar-refractivity contribution in [1.82, 2.24) is 4.57 Å². The van der Waals surface area contributed by atoms with Gasteiger partial charge in [-0.2, -0.15) is 0 Å². The lowest BCUT2D eigenvalue weighted by Gasteiger charge is -2.25. The molecule has 2 aromatic carbocycles. The van der Waals surface area contributed by atoms with Gasteiger partial charge in [-0.15, -0.1) is 0 Å². The number of ether oxygens (including phenoxy) is 4. The molecular weight excluding hydrogens is 496 g/mol. The van der Waals surface area contributed by atoms with Crippen LogP contribution >= 0.6 is 11.3 Å². The Balaban J connectivity index is 1.93. The number of hydrogen-bond donors (Lipinski definition) is 0. The molecule has 0 fully saturated rings. The Bertz CT molecular complexity index is 1580. The molecule has 4 rings (SSSR count). The third-order valence-electron chi connectivity index (χ3n) is 5.66. The fourth-order valence-electron chi connectivity index (χ4n) is 4.11. The van der Waals surface area contributed by atoms with Crippen LogP contribution in [0.15, 0.2) is 63.5 Å². The van der Waals surface area contributed by atoms with E-state index in [9.17, 15) is 14.4 Å². The SMILES string of the molecule is CCOC(=O)C1=C(C)N=c2s/c(=C\c3cccc(OC(C)=O)c3)c(=O)n2[C@@H]1c1ccc(OC)c(OC)c1. The van der Waals surface area contributed by atoms with E-state index < -0.39 is 18.0 Å². The molecule has 0 spiro atoms. The minimum absolute atomic E-state index is 0.178. The van der Waals surface area contributed by atoms with Gasteiger partial charge in [0.25, 0.3) is 5.56 Å². The van der Waals surface area contributed by atoms with Gasteiger partial charge in [-0.05, 0) is 55.3 Å². The molecule has 1 atom stereocenters. The molecule has 0 amide bonds. The van der Waals surface area contributed by atoms with Crippen molar-refractivity contribution in [3.05, 3.63) is 84.5 Å². The van der Waals surface area contributed by atoms with Crippen molar-refractivity contribution < 1.29 is 28.5 Å². The Morgan fingerprint density at radius 3 is 2.54 bits per heavy atom. The van der Waals surface area contributed by atoms with Crippen LogP contribution in [-0.2, 0) is 14.3 Å². The Morgan fingerprint density at radius 1 is 1.11 bits per heavy atom. The molecule has 192 valence electrons. The second kappa shape index (κ2) is 10.8. The maximum Gasteiger partial charge on any atom is 0.338 e. The predicted octanol–water partition coefficient (Wildman–Crippen LogP) is 2.74. The highest BCUT2D eigenvalue weighted by Crippen LogP contribution is 2.36. The predicted molar refractivity (Wildman–Crippen MR) is 138 cm³/mol. The standard InChI is InChI=1S/C27H26N2O7S/c1-6-35-26(32)23-15(2)28-27-29(24(23)18-10-11-20(33-4)21(14-18)34-5)25(31)22(37-27)13-17-8-7-9-19(12-17)36-16(3)30/h7-14,24H,6H2,1-5H3/b22-13-/t24-/m1/s1. The van der Waals surface area contributed by atoms with Crippen molar-refractivity contribution in [2.45, 2.75) is 26.8 Å². The third-order valence-corrected chi connectivity index (χ3v) is 6.64. The van der Waals surface area contributed by atoms with Crippen molar-refractivity contribution in [3.63, 3.8) is 0 Å². The number of methoxy groups -OCH3 is 2. The first-order chi connectivity index (χ1) is 17.8. The van der Waals surface area contributed by atoms with Gasteiger partial charge in [-0.3, -0.25) is 14.2 Å². The first-order valence-corrected chi connectivity index (χ1v) is 12.3. The molecule has 0 saturated carbocycles. The fourth-order valence-corrected chi connectivity index (χ4v) is 5.16. The van der Waals surface area contributed by atoms with Crippen molar-refractivity contribution in [2.75, 3.05) is 20.8 Å². The number of rotatable bonds is 7. The highest BCUT2D eigenvalue weighted by molar-refractivity contribution is 7.07. The zero-order chi connectivity index (χ0) is 26.7. The van der Waals surface area contributed by atoms with Crippen molar-refractivity contribution in [1.29, 1.82) is 0 Å². The van der Waals surface area contributed by atoms with Gasteiger partial charge in [0.15, 0.2) is 16.3 Å². The quantitative estimate of drug-likeness (QED) is 0.347. The molecule has 0 saturated heterocycles. The Labute approximate surface area is 216 Å². The first-order valence-electron chi connectivity index (χ1n) is 11.5. The maximum absolute atomic E-state index is 13.7. The highest BCUT2D eigenvalue weighted by atomic mass is 32.1. The van der Waals surface area contributed by atoms with Crippen molar-refractivity contribution in [3.8, 4) is 17.2 Å². The van der Waals surface area contributed by atoms with Gasteiger partial charge in [0.05, 0.1) is 42.7 Å². The summed E-state index contributed by atoms with van der Waals surface area (Å²) in [6, 6.07) is 11.3. The van der Waals surface area contributed by atoms with Crippen LogP contribution in [0.25, 0.3) is 6.08 Å². The van der Waals surface area contributed by atoms with Crippen LogP contribution in [0.3, 0.4) is 0 Å². The summed E-state index contributed by atoms with van der Waals surface area (Å²) in [5.74, 6) is 0.366. The molecular formula is C27H26N2O7S. The van der Waals surface area contributed by atoms with Gasteiger partial charge in [0, 0.05) is 6.92 Å². The summed E-state index contributed by atoms with van der Waals surface area (Å²) in [6.45, 7) is 4.94. The number of benzene rings is 2. The topological polar surface area (TPSA) is 105 Å². The smallest absolute Gasteiger partial charge is 0.338 e. The van der Waals surface area contributed by atoms with Crippen LogP contribution in [0.2, 0.25) is 0 Å². The van der Waals surface area contributed by atoms with E-state index in [-0.39, 0.29) is 17.7 Å². The number of carbonyl (C=O) groups is 2. The molecule has 1 aromatic heterocycles. The number of hydrogen-bond acceptors (Lipinski definition) is 9. The Kier molecular flexibility index (Phi) is 7.58. The molecule has 10 heteroatoms. The lowest BCUT2D eigenvalue weighted by Crippen LogP contribution is -2.39. The summed E-state index contributed by atoms with van der Waals surface area (Å²) >= 11 is 1.20. The van der Waals surface area contributed by atoms with E-state index in [1.54, 1.807) is 62.4 Å². The molecule has 0 unspecified atom stereocenters. The second-order valence-corrected chi connectivity index (χ2v) is 9.09. The molecule has 0 bridgehead atoms. The van der Waals surface area contributed by atoms with Gasteiger partial charge < -0.3 is 18.9 Å². The molecule has 3 aromatic rings. The van der Waals surface area contributed by atoms with Gasteiger partial charge in [0.1, 0.15) is 5.75 Å². The maximum atomic E-state index is 13.7. The van der Waals surface area contributed by atoms with Crippen LogP contribution in [0.4, 0.5) is 0 Å². The minimum Gasteiger partial charge on any atom is -0.493 e. The second-order valence-electron chi connectivity index (χ2n) is 8.08. The van der Waals surface area contributed by atoms with Gasteiger partial charge in [-0.1, -0.05) is 29.5 Å². The molecule has 37 heavy (non-hydrogen) atoms. The van der Waals surface area contributed by atoms with Crippen LogP contribution in [-0.4, -0.2) is 37.3 Å². The minimum atomic E-state index is -0.787. The Morgan fingerprint density at radius 2 is 1.86 bits per heavy atom. The van der Waals surface area contributed by atoms with E-state index in [1.165, 1.54) is 37.0 Å². The largest absolute Gasteiger partial charge is 0.493 e. The number of fused-ring (bicyclic) bond motifs is 1. The normalized spacial score (nSPS) is 15.1. The third kappa shape index (κ3) is 5.19. The van der Waals surface area contributed by atoms with E-state index in [0.29, 0.717) is 43.4 Å². The molecule has 1 aliphatic rings. The van der Waals surface area contributed by atoms with E-state index in [4.69, 9.17) is 18.9 Å². The number of esters is 2. The van der Waals surface area contributed by atoms with E-state index in [1.807, 2.05) is 0 Å². The molecule has 0 aliphatic carbocycles. The zero-order valence-corrected chi connectivity index (χ0v) is 21.9. The van der Waals surface area contributed by atoms with E-state index in [0.717, 1.165) is 0 Å². The zero-order valence-electron chi connectivity index (χ0n) is 21.1. The molecule has 0 N–H and O–H groups in total. The van der Waals surface area contributed by atoms with Crippen LogP contribution in [0.1, 0.15) is 37.9 Å². The number of allylic oxidation sites excluding steroid dienone is 1. The average Bonchev–Trinajstić information content (AvgIpc) is 3.16. The lowest BCUT2D eigenvalue weighted by molar-refractivity contribution is -0.139. The Hall–Kier alpha value is -4.18. The average molecular weight is 523 g/mol. The van der Waals surface area contributed by atoms with E-state index >= 15 is 0 Å². The van der Waals surface area contributed by atoms with Crippen molar-refractivity contribution in [2.24, 2.45) is 4.99 Å². The van der Waals surface area contributed by atoms with Crippen molar-refractivity contribution >= 4 is 29.4 Å². The van der Waals surface area contributed by atoms with Gasteiger partial charge in [-0.25, -0.2) is 9.79 Å². The summed E-state index contributed by atoms with van der Waals surface area (Å²) in [5.41, 5.74) is 1.72. The number of nitrogens with zero attached hydrogens (tertiary/aromatic N) is 2. The van der Waals surface area contributed by atoms with Crippen LogP contribution < -0.4 is 29.1 Å². The summed E-state index contributed by atoms with van der Waals surface area (Å²) in [7, 11) is 3.05. The first kappa shape index (κ1) is 25.9. The highest BCUT2D eigenvalue weighted by Gasteiger charge is 2.33. The summed E-state index contributed by atoms with van der Waals surface area (Å²) in [4.78, 5) is 43.2. The molecule has 2 heterocycles. The van der Waals surface area contributed by atoms with Gasteiger partial charge in [0.2, 0.25) is 0 Å².